The highest BCUT2D eigenvalue weighted by Gasteiger charge is 2.44. The van der Waals surface area contributed by atoms with E-state index in [4.69, 9.17) is 5.11 Å². The zero-order valence-electron chi connectivity index (χ0n) is 10.4. The Morgan fingerprint density at radius 3 is 2.22 bits per heavy atom. The van der Waals surface area contributed by atoms with Crippen molar-refractivity contribution in [1.82, 2.24) is 4.90 Å². The summed E-state index contributed by atoms with van der Waals surface area (Å²) in [6.45, 7) is 0.943. The summed E-state index contributed by atoms with van der Waals surface area (Å²) in [6.07, 6.45) is 4.18. The van der Waals surface area contributed by atoms with Crippen molar-refractivity contribution in [3.63, 3.8) is 0 Å². The normalized spacial score (nSPS) is 23.6. The molecular formula is C13H18N2O3. The zero-order valence-corrected chi connectivity index (χ0v) is 10.4. The molecule has 2 aliphatic rings. The van der Waals surface area contributed by atoms with Crippen molar-refractivity contribution in [3.8, 4) is 6.07 Å². The number of amides is 1. The van der Waals surface area contributed by atoms with E-state index in [1.165, 1.54) is 0 Å². The van der Waals surface area contributed by atoms with Gasteiger partial charge >= 0.3 is 5.97 Å². The van der Waals surface area contributed by atoms with Crippen LogP contribution in [0, 0.1) is 22.7 Å². The monoisotopic (exact) mass is 250 g/mol. The number of hydrogen-bond acceptors (Lipinski definition) is 3. The molecule has 0 radical (unpaired) electrons. The van der Waals surface area contributed by atoms with E-state index in [1.54, 1.807) is 4.90 Å². The van der Waals surface area contributed by atoms with Gasteiger partial charge in [0.25, 0.3) is 0 Å². The molecular weight excluding hydrogens is 232 g/mol. The third kappa shape index (κ3) is 2.20. The van der Waals surface area contributed by atoms with Crippen molar-refractivity contribution in [2.75, 3.05) is 13.1 Å². The first-order chi connectivity index (χ1) is 8.59. The van der Waals surface area contributed by atoms with E-state index < -0.39 is 11.4 Å². The molecule has 1 heterocycles. The number of likely N-dealkylation sites (tertiary alicyclic amines) is 1. The van der Waals surface area contributed by atoms with Gasteiger partial charge in [-0.25, -0.2) is 0 Å². The summed E-state index contributed by atoms with van der Waals surface area (Å²) in [6, 6.07) is 2.20. The molecule has 0 bridgehead atoms. The lowest BCUT2D eigenvalue weighted by molar-refractivity contribution is -0.147. The third-order valence-electron chi connectivity index (χ3n) is 4.21. The topological polar surface area (TPSA) is 81.4 Å². The molecule has 2 rings (SSSR count). The summed E-state index contributed by atoms with van der Waals surface area (Å²) in [5, 5.41) is 18.2. The second-order valence-corrected chi connectivity index (χ2v) is 5.31. The van der Waals surface area contributed by atoms with Gasteiger partial charge in [0, 0.05) is 13.1 Å². The summed E-state index contributed by atoms with van der Waals surface area (Å²) < 4.78 is 0. The van der Waals surface area contributed by atoms with Crippen molar-refractivity contribution in [3.05, 3.63) is 0 Å². The largest absolute Gasteiger partial charge is 0.481 e. The first-order valence-electron chi connectivity index (χ1n) is 6.52. The lowest BCUT2D eigenvalue weighted by Gasteiger charge is -2.34. The second-order valence-electron chi connectivity index (χ2n) is 5.31. The van der Waals surface area contributed by atoms with Gasteiger partial charge in [0.2, 0.25) is 5.91 Å². The fraction of sp³-hybridized carbons (Fsp3) is 0.769. The Morgan fingerprint density at radius 2 is 1.78 bits per heavy atom. The lowest BCUT2D eigenvalue weighted by atomic mass is 9.85. The number of aliphatic carboxylic acids is 1. The van der Waals surface area contributed by atoms with Gasteiger partial charge in [-0.1, -0.05) is 12.8 Å². The molecule has 0 spiro atoms. The zero-order chi connectivity index (χ0) is 13.2. The highest BCUT2D eigenvalue weighted by atomic mass is 16.4. The van der Waals surface area contributed by atoms with Gasteiger partial charge in [0.1, 0.15) is 5.41 Å². The minimum Gasteiger partial charge on any atom is -0.481 e. The molecule has 1 amide bonds. The first-order valence-corrected chi connectivity index (χ1v) is 6.52. The van der Waals surface area contributed by atoms with Crippen LogP contribution >= 0.6 is 0 Å². The third-order valence-corrected chi connectivity index (χ3v) is 4.21. The smallest absolute Gasteiger partial charge is 0.306 e. The number of carboxylic acid groups (broad SMARTS) is 1. The Balaban J connectivity index is 1.99. The average Bonchev–Trinajstić information content (AvgIpc) is 2.88. The van der Waals surface area contributed by atoms with Crippen LogP contribution in [0.1, 0.15) is 38.5 Å². The van der Waals surface area contributed by atoms with Crippen LogP contribution in [0.25, 0.3) is 0 Å². The van der Waals surface area contributed by atoms with Crippen molar-refractivity contribution in [2.24, 2.45) is 11.3 Å². The fourth-order valence-corrected chi connectivity index (χ4v) is 2.98. The minimum atomic E-state index is -0.823. The van der Waals surface area contributed by atoms with Gasteiger partial charge < -0.3 is 10.0 Å². The van der Waals surface area contributed by atoms with Crippen molar-refractivity contribution in [2.45, 2.75) is 38.5 Å². The van der Waals surface area contributed by atoms with E-state index in [0.29, 0.717) is 38.8 Å². The van der Waals surface area contributed by atoms with Crippen LogP contribution in [0.2, 0.25) is 0 Å². The number of carbonyl (C=O) groups is 2. The molecule has 1 aliphatic heterocycles. The highest BCUT2D eigenvalue weighted by molar-refractivity contribution is 5.86. The number of carbonyl (C=O) groups excluding carboxylic acids is 1. The maximum atomic E-state index is 12.4. The Hall–Kier alpha value is -1.57. The van der Waals surface area contributed by atoms with Crippen molar-refractivity contribution in [1.29, 1.82) is 5.26 Å². The SMILES string of the molecule is N#CC1(C(=O)N2CCC(C(=O)O)CC2)CCCC1. The van der Waals surface area contributed by atoms with Crippen LogP contribution in [0.5, 0.6) is 0 Å². The molecule has 2 fully saturated rings. The first kappa shape index (κ1) is 12.9. The molecule has 98 valence electrons. The van der Waals surface area contributed by atoms with Gasteiger partial charge in [-0.15, -0.1) is 0 Å². The maximum Gasteiger partial charge on any atom is 0.306 e. The molecule has 1 saturated heterocycles. The van der Waals surface area contributed by atoms with Crippen LogP contribution < -0.4 is 0 Å². The molecule has 0 aromatic heterocycles. The summed E-state index contributed by atoms with van der Waals surface area (Å²) >= 11 is 0. The van der Waals surface area contributed by atoms with E-state index in [-0.39, 0.29) is 11.8 Å². The van der Waals surface area contributed by atoms with E-state index in [0.717, 1.165) is 12.8 Å². The maximum absolute atomic E-state index is 12.4. The predicted molar refractivity (Wildman–Crippen MR) is 63.5 cm³/mol. The van der Waals surface area contributed by atoms with Gasteiger partial charge in [0.05, 0.1) is 12.0 Å². The second kappa shape index (κ2) is 4.97. The molecule has 1 N–H and O–H groups in total. The molecule has 0 aromatic carbocycles. The van der Waals surface area contributed by atoms with Crippen LogP contribution in [-0.4, -0.2) is 35.0 Å². The molecule has 0 atom stereocenters. The average molecular weight is 250 g/mol. The number of rotatable bonds is 2. The van der Waals surface area contributed by atoms with Crippen LogP contribution in [0.15, 0.2) is 0 Å². The van der Waals surface area contributed by atoms with Crippen LogP contribution in [-0.2, 0) is 9.59 Å². The minimum absolute atomic E-state index is 0.0775. The number of nitrogens with zero attached hydrogens (tertiary/aromatic N) is 2. The van der Waals surface area contributed by atoms with Crippen LogP contribution in [0.4, 0.5) is 0 Å². The van der Waals surface area contributed by atoms with E-state index in [9.17, 15) is 14.9 Å². The number of hydrogen-bond donors (Lipinski definition) is 1. The highest BCUT2D eigenvalue weighted by Crippen LogP contribution is 2.39. The molecule has 1 saturated carbocycles. The Morgan fingerprint density at radius 1 is 1.22 bits per heavy atom. The van der Waals surface area contributed by atoms with Gasteiger partial charge in [0.15, 0.2) is 0 Å². The van der Waals surface area contributed by atoms with E-state index >= 15 is 0 Å². The van der Waals surface area contributed by atoms with Crippen molar-refractivity contribution < 1.29 is 14.7 Å². The standard InChI is InChI=1S/C13H18N2O3/c14-9-13(5-1-2-6-13)12(18)15-7-3-10(4-8-15)11(16)17/h10H,1-8H2,(H,16,17). The predicted octanol–water partition coefficient (Wildman–Crippen LogP) is 1.39. The molecule has 0 aromatic rings. The number of piperidine rings is 1. The van der Waals surface area contributed by atoms with Crippen molar-refractivity contribution >= 4 is 11.9 Å². The van der Waals surface area contributed by atoms with Gasteiger partial charge in [-0.2, -0.15) is 5.26 Å². The van der Waals surface area contributed by atoms with Gasteiger partial charge in [-0.3, -0.25) is 9.59 Å². The molecule has 0 unspecified atom stereocenters. The molecule has 5 heteroatoms. The number of carboxylic acids is 1. The van der Waals surface area contributed by atoms with Crippen LogP contribution in [0.3, 0.4) is 0 Å². The number of nitriles is 1. The molecule has 18 heavy (non-hydrogen) atoms. The summed E-state index contributed by atoms with van der Waals surface area (Å²) in [4.78, 5) is 24.9. The van der Waals surface area contributed by atoms with Gasteiger partial charge in [-0.05, 0) is 25.7 Å². The quantitative estimate of drug-likeness (QED) is 0.803. The fourth-order valence-electron chi connectivity index (χ4n) is 2.98. The Kier molecular flexibility index (Phi) is 3.55. The van der Waals surface area contributed by atoms with E-state index in [1.807, 2.05) is 0 Å². The van der Waals surface area contributed by atoms with E-state index in [2.05, 4.69) is 6.07 Å². The summed E-state index contributed by atoms with van der Waals surface area (Å²) in [5.41, 5.74) is -0.823. The summed E-state index contributed by atoms with van der Waals surface area (Å²) in [7, 11) is 0. The Bertz CT molecular complexity index is 386. The molecule has 1 aliphatic carbocycles. The Labute approximate surface area is 106 Å². The summed E-state index contributed by atoms with van der Waals surface area (Å²) in [5.74, 6) is -1.19. The molecule has 5 nitrogen and oxygen atoms in total. The lowest BCUT2D eigenvalue weighted by Crippen LogP contribution is -2.46.